The lowest BCUT2D eigenvalue weighted by Gasteiger charge is -2.43. The molecular formula is C44H69N7O9S. The van der Waals surface area contributed by atoms with E-state index in [1.165, 1.54) is 4.31 Å². The summed E-state index contributed by atoms with van der Waals surface area (Å²) in [7, 11) is -4.12. The van der Waals surface area contributed by atoms with Crippen LogP contribution in [0.5, 0.6) is 0 Å². The summed E-state index contributed by atoms with van der Waals surface area (Å²) in [5.74, 6) is -3.01. The quantitative estimate of drug-likeness (QED) is 0.188. The van der Waals surface area contributed by atoms with Crippen LogP contribution in [0.15, 0.2) is 12.7 Å². The van der Waals surface area contributed by atoms with Gasteiger partial charge < -0.3 is 30.3 Å². The fourth-order valence-electron chi connectivity index (χ4n) is 12.9. The third-order valence-electron chi connectivity index (χ3n) is 17.3. The Morgan fingerprint density at radius 1 is 0.803 bits per heavy atom. The van der Waals surface area contributed by atoms with Gasteiger partial charge in [-0.1, -0.05) is 40.2 Å². The Labute approximate surface area is 361 Å². The van der Waals surface area contributed by atoms with Crippen molar-refractivity contribution in [1.29, 1.82) is 0 Å². The number of hydrogen-bond donors (Lipinski definition) is 4. The molecule has 3 saturated carbocycles. The zero-order chi connectivity index (χ0) is 43.6. The van der Waals surface area contributed by atoms with Gasteiger partial charge in [0.1, 0.15) is 23.7 Å². The van der Waals surface area contributed by atoms with Gasteiger partial charge in [0.05, 0.1) is 6.04 Å². The van der Waals surface area contributed by atoms with Crippen molar-refractivity contribution in [1.82, 2.24) is 34.8 Å². The highest BCUT2D eigenvalue weighted by atomic mass is 32.2. The summed E-state index contributed by atoms with van der Waals surface area (Å²) < 4.78 is 41.4. The Morgan fingerprint density at radius 3 is 2.07 bits per heavy atom. The lowest BCUT2D eigenvalue weighted by Crippen LogP contribution is -2.64. The molecule has 5 saturated heterocycles. The molecule has 17 heteroatoms. The molecule has 0 aromatic carbocycles. The standard InChI is InChI=1S/C44H69N7O9S/c1-6-30-26-44(30,39(56)48-61(57,58)50-20-8-9-21-50)47-36(53)32-27-43(40(3,4)42(43)15-11-16-42)28-51(32)38(55)34(41(5)17-24-60-25-18-41)46-37(54)33(29-13-22-59-23-14-29)45-35(52)31-12-10-19-49(31)7-2/h6,29-34H,1,7-28H2,2-5H3,(H,45,52)(H,46,54)(H,47,53)(H,48,56)/t30-,31+,32+,33+,34-,43-,44-/m1/s1. The molecule has 5 heterocycles. The van der Waals surface area contributed by atoms with Crippen molar-refractivity contribution in [3.63, 3.8) is 0 Å². The largest absolute Gasteiger partial charge is 0.381 e. The van der Waals surface area contributed by atoms with E-state index in [1.807, 2.05) is 13.8 Å². The van der Waals surface area contributed by atoms with Gasteiger partial charge in [0, 0.05) is 62.8 Å². The summed E-state index contributed by atoms with van der Waals surface area (Å²) in [6.07, 6.45) is 10.3. The fraction of sp³-hybridized carbons (Fsp3) is 0.841. The van der Waals surface area contributed by atoms with E-state index in [-0.39, 0.29) is 46.4 Å². The third-order valence-corrected chi connectivity index (χ3v) is 18.8. The van der Waals surface area contributed by atoms with Gasteiger partial charge in [0.25, 0.3) is 5.91 Å². The Hall–Kier alpha value is -3.12. The van der Waals surface area contributed by atoms with Gasteiger partial charge in [-0.3, -0.25) is 28.9 Å². The van der Waals surface area contributed by atoms with Crippen molar-refractivity contribution >= 4 is 39.7 Å². The molecule has 0 bridgehead atoms. The average molecular weight is 872 g/mol. The molecule has 16 nitrogen and oxygen atoms in total. The molecule has 7 atom stereocenters. The van der Waals surface area contributed by atoms with Crippen molar-refractivity contribution in [2.75, 3.05) is 59.2 Å². The first-order chi connectivity index (χ1) is 29.0. The van der Waals surface area contributed by atoms with Crippen LogP contribution < -0.4 is 20.7 Å². The summed E-state index contributed by atoms with van der Waals surface area (Å²) in [4.78, 5) is 77.0. The van der Waals surface area contributed by atoms with Crippen LogP contribution in [0.25, 0.3) is 0 Å². The minimum Gasteiger partial charge on any atom is -0.381 e. The van der Waals surface area contributed by atoms with Gasteiger partial charge in [0.2, 0.25) is 23.6 Å². The van der Waals surface area contributed by atoms with Crippen LogP contribution in [0.4, 0.5) is 0 Å². The van der Waals surface area contributed by atoms with E-state index >= 15 is 4.79 Å². The number of nitrogens with zero attached hydrogens (tertiary/aromatic N) is 3. The molecule has 5 aliphatic heterocycles. The van der Waals surface area contributed by atoms with Crippen LogP contribution in [0, 0.1) is 33.5 Å². The maximum absolute atomic E-state index is 15.6. The second-order valence-electron chi connectivity index (χ2n) is 20.3. The number of nitrogens with one attached hydrogen (secondary N) is 4. The minimum absolute atomic E-state index is 0.0397. The summed E-state index contributed by atoms with van der Waals surface area (Å²) >= 11 is 0. The summed E-state index contributed by atoms with van der Waals surface area (Å²) in [5.41, 5.74) is -2.84. The molecule has 0 aromatic rings. The highest BCUT2D eigenvalue weighted by Crippen LogP contribution is 2.88. The van der Waals surface area contributed by atoms with E-state index in [4.69, 9.17) is 9.47 Å². The molecular weight excluding hydrogens is 803 g/mol. The first-order valence-electron chi connectivity index (χ1n) is 23.1. The molecule has 8 aliphatic rings. The third kappa shape index (κ3) is 7.43. The zero-order valence-electron chi connectivity index (χ0n) is 36.7. The molecule has 8 fully saturated rings. The minimum atomic E-state index is -4.12. The molecule has 340 valence electrons. The predicted molar refractivity (Wildman–Crippen MR) is 225 cm³/mol. The van der Waals surface area contributed by atoms with Crippen LogP contribution in [-0.2, 0) is 43.7 Å². The van der Waals surface area contributed by atoms with Gasteiger partial charge >= 0.3 is 10.2 Å². The zero-order valence-corrected chi connectivity index (χ0v) is 37.5. The van der Waals surface area contributed by atoms with Crippen LogP contribution in [0.3, 0.4) is 0 Å². The summed E-state index contributed by atoms with van der Waals surface area (Å²) in [6, 6.07) is -3.24. The van der Waals surface area contributed by atoms with Gasteiger partial charge in [-0.25, -0.2) is 4.72 Å². The fourth-order valence-corrected chi connectivity index (χ4v) is 14.1. The summed E-state index contributed by atoms with van der Waals surface area (Å²) in [5, 5.41) is 9.33. The van der Waals surface area contributed by atoms with E-state index in [2.05, 4.69) is 46.0 Å². The average Bonchev–Trinajstić information content (AvgIpc) is 3.63. The molecule has 4 N–H and O–H groups in total. The van der Waals surface area contributed by atoms with Crippen molar-refractivity contribution in [2.45, 2.75) is 141 Å². The van der Waals surface area contributed by atoms with E-state index in [0.29, 0.717) is 97.4 Å². The predicted octanol–water partition coefficient (Wildman–Crippen LogP) is 2.00. The number of fused-ring (bicyclic) bond motifs is 1. The molecule has 8 rings (SSSR count). The summed E-state index contributed by atoms with van der Waals surface area (Å²) in [6.45, 7) is 16.6. The first kappa shape index (κ1) is 44.5. The molecule has 61 heavy (non-hydrogen) atoms. The van der Waals surface area contributed by atoms with Gasteiger partial charge in [-0.2, -0.15) is 12.7 Å². The first-order valence-corrected chi connectivity index (χ1v) is 24.5. The second-order valence-corrected chi connectivity index (χ2v) is 22.0. The van der Waals surface area contributed by atoms with Crippen molar-refractivity contribution < 1.29 is 41.9 Å². The smallest absolute Gasteiger partial charge is 0.303 e. The van der Waals surface area contributed by atoms with Crippen LogP contribution >= 0.6 is 0 Å². The highest BCUT2D eigenvalue weighted by molar-refractivity contribution is 7.87. The van der Waals surface area contributed by atoms with Gasteiger partial charge in [-0.05, 0) is 107 Å². The van der Waals surface area contributed by atoms with Crippen LogP contribution in [0.2, 0.25) is 0 Å². The number of carbonyl (C=O) groups excluding carboxylic acids is 5. The number of likely N-dealkylation sites (N-methyl/N-ethyl adjacent to an activating group) is 1. The normalized spacial score (nSPS) is 34.0. The number of likely N-dealkylation sites (tertiary alicyclic amines) is 2. The molecule has 5 amide bonds. The number of hydrogen-bond acceptors (Lipinski definition) is 10. The highest BCUT2D eigenvalue weighted by Gasteiger charge is 2.85. The maximum atomic E-state index is 15.6. The number of rotatable bonds is 14. The van der Waals surface area contributed by atoms with Gasteiger partial charge in [0.15, 0.2) is 0 Å². The van der Waals surface area contributed by atoms with Crippen molar-refractivity contribution in [2.24, 2.45) is 33.5 Å². The topological polar surface area (TPSA) is 196 Å². The SMILES string of the molecule is C=C[C@@H]1C[C@]1(NC(=O)[C@@H]1C[C@@]2(CN1C(=O)[C@@H](NC(=O)[C@@H](NC(=O)[C@@H]1CCCN1CC)C1CCOCC1)C1(C)CCOCC1)C(C)(C)C21CCC1)C(=O)NS(=O)(=O)N1CCCC1. The van der Waals surface area contributed by atoms with Crippen LogP contribution in [-0.4, -0.2) is 141 Å². The van der Waals surface area contributed by atoms with E-state index in [9.17, 15) is 27.6 Å². The molecule has 0 radical (unpaired) electrons. The second kappa shape index (κ2) is 16.5. The Bertz CT molecular complexity index is 1870. The number of amides is 5. The Balaban J connectivity index is 1.09. The lowest BCUT2D eigenvalue weighted by molar-refractivity contribution is -0.148. The van der Waals surface area contributed by atoms with Crippen molar-refractivity contribution in [3.05, 3.63) is 12.7 Å². The molecule has 3 aliphatic carbocycles. The van der Waals surface area contributed by atoms with E-state index < -0.39 is 62.9 Å². The van der Waals surface area contributed by atoms with Gasteiger partial charge in [-0.15, -0.1) is 6.58 Å². The van der Waals surface area contributed by atoms with E-state index in [1.54, 1.807) is 11.0 Å². The molecule has 0 unspecified atom stereocenters. The van der Waals surface area contributed by atoms with Crippen LogP contribution in [0.1, 0.15) is 111 Å². The Morgan fingerprint density at radius 2 is 1.48 bits per heavy atom. The van der Waals surface area contributed by atoms with Crippen molar-refractivity contribution in [3.8, 4) is 0 Å². The lowest BCUT2D eigenvalue weighted by atomic mass is 9.73. The Kier molecular flexibility index (Phi) is 12.0. The maximum Gasteiger partial charge on any atom is 0.303 e. The monoisotopic (exact) mass is 871 g/mol. The molecule has 2 spiro atoms. The number of carbonyl (C=O) groups is 5. The molecule has 0 aromatic heterocycles. The van der Waals surface area contributed by atoms with E-state index in [0.717, 1.165) is 38.8 Å². The number of ether oxygens (including phenoxy) is 2.